The molecule has 45 heavy (non-hydrogen) atoms. The van der Waals surface area contributed by atoms with Crippen molar-refractivity contribution in [3.8, 4) is 5.75 Å². The maximum atomic E-state index is 13.8. The lowest BCUT2D eigenvalue weighted by Crippen LogP contribution is -2.61. The molecule has 3 aliphatic rings. The number of piperidine rings is 1. The van der Waals surface area contributed by atoms with E-state index < -0.39 is 53.7 Å². The summed E-state index contributed by atoms with van der Waals surface area (Å²) in [6.07, 6.45) is 11.0. The number of hydrogen-bond donors (Lipinski definition) is 3. The minimum Gasteiger partial charge on any atom is -0.508 e. The Balaban J connectivity index is 1.67. The highest BCUT2D eigenvalue weighted by atomic mass is 16.6. The molecule has 1 aromatic carbocycles. The van der Waals surface area contributed by atoms with Gasteiger partial charge < -0.3 is 29.7 Å². The van der Waals surface area contributed by atoms with Gasteiger partial charge in [-0.05, 0) is 87.5 Å². The number of ketones is 1. The number of esters is 1. The number of cyclic esters (lactones) is 1. The quantitative estimate of drug-likeness (QED) is 0.245. The van der Waals surface area contributed by atoms with Gasteiger partial charge in [-0.1, -0.05) is 58.1 Å². The average Bonchev–Trinajstić information content (AvgIpc) is 3.04. The summed E-state index contributed by atoms with van der Waals surface area (Å²) >= 11 is 0. The van der Waals surface area contributed by atoms with Crippen molar-refractivity contribution in [3.63, 3.8) is 0 Å². The smallest absolute Gasteiger partial charge is 0.329 e. The molecule has 4 rings (SSSR count). The van der Waals surface area contributed by atoms with Crippen LogP contribution in [0.2, 0.25) is 0 Å². The third kappa shape index (κ3) is 8.23. The number of allylic oxidation sites excluding steroid dienone is 3. The normalized spacial score (nSPS) is 36.1. The van der Waals surface area contributed by atoms with Crippen LogP contribution in [0.15, 0.2) is 48.6 Å². The topological polar surface area (TPSA) is 134 Å². The first-order valence-corrected chi connectivity index (χ1v) is 16.7. The second-order valence-electron chi connectivity index (χ2n) is 13.3. The van der Waals surface area contributed by atoms with Crippen LogP contribution in [-0.2, 0) is 30.3 Å². The third-order valence-corrected chi connectivity index (χ3v) is 10.1. The van der Waals surface area contributed by atoms with Gasteiger partial charge in [-0.2, -0.15) is 0 Å². The van der Waals surface area contributed by atoms with E-state index >= 15 is 0 Å². The molecule has 3 heterocycles. The molecule has 2 bridgehead atoms. The second-order valence-corrected chi connectivity index (χ2v) is 13.3. The van der Waals surface area contributed by atoms with Crippen molar-refractivity contribution in [3.05, 3.63) is 54.1 Å². The maximum absolute atomic E-state index is 13.8. The molecule has 248 valence electrons. The largest absolute Gasteiger partial charge is 0.508 e. The summed E-state index contributed by atoms with van der Waals surface area (Å²) in [6.45, 7) is 7.69. The highest BCUT2D eigenvalue weighted by Crippen LogP contribution is 2.38. The van der Waals surface area contributed by atoms with Gasteiger partial charge in [-0.25, -0.2) is 4.79 Å². The zero-order valence-electron chi connectivity index (χ0n) is 27.1. The van der Waals surface area contributed by atoms with Gasteiger partial charge in [-0.3, -0.25) is 9.59 Å². The van der Waals surface area contributed by atoms with E-state index in [1.165, 1.54) is 4.90 Å². The van der Waals surface area contributed by atoms with Crippen LogP contribution >= 0.6 is 0 Å². The molecule has 2 fully saturated rings. The summed E-state index contributed by atoms with van der Waals surface area (Å²) in [5.41, 5.74) is 0.914. The van der Waals surface area contributed by atoms with Crippen molar-refractivity contribution >= 4 is 17.7 Å². The van der Waals surface area contributed by atoms with Crippen LogP contribution in [0, 0.1) is 23.7 Å². The summed E-state index contributed by atoms with van der Waals surface area (Å²) in [5, 5.41) is 32.8. The zero-order chi connectivity index (χ0) is 32.7. The average molecular weight is 626 g/mol. The number of aliphatic hydroxyl groups excluding tert-OH is 1. The number of rotatable bonds is 4. The fourth-order valence-corrected chi connectivity index (χ4v) is 6.93. The molecule has 0 radical (unpaired) electrons. The monoisotopic (exact) mass is 625 g/mol. The lowest BCUT2D eigenvalue weighted by Gasteiger charge is -2.44. The van der Waals surface area contributed by atoms with Crippen molar-refractivity contribution in [1.82, 2.24) is 4.90 Å². The van der Waals surface area contributed by atoms with E-state index in [-0.39, 0.29) is 30.0 Å². The van der Waals surface area contributed by atoms with Crippen LogP contribution in [0.4, 0.5) is 0 Å². The van der Waals surface area contributed by atoms with E-state index in [0.29, 0.717) is 57.8 Å². The van der Waals surface area contributed by atoms with Gasteiger partial charge in [-0.15, -0.1) is 0 Å². The number of hydrogen-bond acceptors (Lipinski definition) is 8. The van der Waals surface area contributed by atoms with Crippen LogP contribution in [0.1, 0.15) is 84.6 Å². The maximum Gasteiger partial charge on any atom is 0.329 e. The molecule has 2 saturated heterocycles. The number of ether oxygens (including phenoxy) is 2. The molecule has 0 aromatic heterocycles. The van der Waals surface area contributed by atoms with E-state index in [1.807, 2.05) is 51.1 Å². The molecule has 1 amide bonds. The van der Waals surface area contributed by atoms with Gasteiger partial charge in [0.1, 0.15) is 17.9 Å². The molecule has 1 aromatic rings. The van der Waals surface area contributed by atoms with Crippen molar-refractivity contribution < 1.29 is 39.2 Å². The first-order valence-electron chi connectivity index (χ1n) is 16.7. The first-order chi connectivity index (χ1) is 21.5. The number of amides is 1. The van der Waals surface area contributed by atoms with Gasteiger partial charge >= 0.3 is 5.97 Å². The number of carbonyl (C=O) groups is 3. The third-order valence-electron chi connectivity index (χ3n) is 10.1. The number of aliphatic hydroxyl groups is 2. The summed E-state index contributed by atoms with van der Waals surface area (Å²) in [7, 11) is 0. The molecule has 0 saturated carbocycles. The van der Waals surface area contributed by atoms with Crippen LogP contribution in [-0.4, -0.2) is 74.6 Å². The SMILES string of the molecule is CC[C@H](Cc1cccc(O)c1)[C@@H]1/C=C/C/C=C/C[C@@H](C)[C@H](O)[C@@H](C)[C@@H]2CC[C@@H](C)[C@@](O)(O2)C(=O)C(=O)N2CCCC[C@H]2C(=O)O1. The number of aromatic hydroxyl groups is 1. The van der Waals surface area contributed by atoms with Gasteiger partial charge in [0.15, 0.2) is 0 Å². The zero-order valence-corrected chi connectivity index (χ0v) is 27.1. The van der Waals surface area contributed by atoms with Gasteiger partial charge in [0.05, 0.1) is 12.2 Å². The number of carbonyl (C=O) groups excluding carboxylic acids is 3. The van der Waals surface area contributed by atoms with E-state index in [1.54, 1.807) is 25.1 Å². The molecule has 0 aliphatic carbocycles. The Morgan fingerprint density at radius 1 is 1.04 bits per heavy atom. The lowest BCUT2D eigenvalue weighted by atomic mass is 9.80. The Morgan fingerprint density at radius 3 is 2.56 bits per heavy atom. The highest BCUT2D eigenvalue weighted by Gasteiger charge is 2.54. The van der Waals surface area contributed by atoms with Crippen LogP contribution in [0.3, 0.4) is 0 Å². The summed E-state index contributed by atoms with van der Waals surface area (Å²) < 4.78 is 12.2. The molecule has 0 spiro atoms. The Morgan fingerprint density at radius 2 is 1.82 bits per heavy atom. The Labute approximate surface area is 267 Å². The van der Waals surface area contributed by atoms with Crippen molar-refractivity contribution in [2.24, 2.45) is 23.7 Å². The van der Waals surface area contributed by atoms with E-state index in [9.17, 15) is 29.7 Å². The predicted octanol–water partition coefficient (Wildman–Crippen LogP) is 4.87. The standard InChI is InChI=1S/C36H51NO8/c1-5-27(21-26-14-12-15-28(38)22-26)31-17-9-7-6-8-13-23(2)32(39)25(4)30-19-18-24(3)36(43,45-30)33(40)34(41)37-20-11-10-16-29(37)35(42)44-31/h6,8-9,12,14-15,17,22-25,27,29-32,38-39,43H,5,7,10-11,13,16,18-21H2,1-4H3/b8-6+,17-9+/t23-,24-,25+,27-,29+,30+,31+,32+,36-/m1/s1. The molecule has 3 N–H and O–H groups in total. The van der Waals surface area contributed by atoms with Crippen molar-refractivity contribution in [2.45, 2.75) is 116 Å². The van der Waals surface area contributed by atoms with E-state index in [0.717, 1.165) is 5.56 Å². The van der Waals surface area contributed by atoms with Crippen LogP contribution in [0.25, 0.3) is 0 Å². The van der Waals surface area contributed by atoms with Gasteiger partial charge in [0.25, 0.3) is 11.7 Å². The molecule has 9 nitrogen and oxygen atoms in total. The van der Waals surface area contributed by atoms with E-state index in [2.05, 4.69) is 0 Å². The second kappa shape index (κ2) is 15.5. The predicted molar refractivity (Wildman–Crippen MR) is 170 cm³/mol. The summed E-state index contributed by atoms with van der Waals surface area (Å²) in [4.78, 5) is 42.6. The minimum absolute atomic E-state index is 0.106. The molecule has 9 atom stereocenters. The van der Waals surface area contributed by atoms with Crippen LogP contribution < -0.4 is 0 Å². The molecule has 3 aliphatic heterocycles. The Hall–Kier alpha value is -3.01. The summed E-state index contributed by atoms with van der Waals surface area (Å²) in [5.74, 6) is -6.04. The molecular formula is C36H51NO8. The number of benzene rings is 1. The van der Waals surface area contributed by atoms with Gasteiger partial charge in [0.2, 0.25) is 5.79 Å². The fraction of sp³-hybridized carbons (Fsp3) is 0.639. The van der Waals surface area contributed by atoms with Crippen molar-refractivity contribution in [1.29, 1.82) is 0 Å². The summed E-state index contributed by atoms with van der Waals surface area (Å²) in [6, 6.07) is 6.05. The van der Waals surface area contributed by atoms with Crippen molar-refractivity contribution in [2.75, 3.05) is 6.54 Å². The van der Waals surface area contributed by atoms with E-state index in [4.69, 9.17) is 9.47 Å². The number of phenolic OH excluding ortho intramolecular Hbond substituents is 1. The number of Topliss-reactive ketones (excluding diaryl/α,β-unsaturated/α-hetero) is 1. The number of fused-ring (bicyclic) bond motifs is 3. The number of phenols is 1. The minimum atomic E-state index is -2.36. The number of nitrogens with zero attached hydrogens (tertiary/aromatic N) is 1. The Kier molecular flexibility index (Phi) is 12.0. The lowest BCUT2D eigenvalue weighted by molar-refractivity contribution is -0.274. The Bertz CT molecular complexity index is 1250. The molecule has 0 unspecified atom stereocenters. The molecular weight excluding hydrogens is 574 g/mol. The van der Waals surface area contributed by atoms with Crippen LogP contribution in [0.5, 0.6) is 5.75 Å². The molecule has 9 heteroatoms. The highest BCUT2D eigenvalue weighted by molar-refractivity contribution is 6.39. The first kappa shape index (κ1) is 34.9. The fourth-order valence-electron chi connectivity index (χ4n) is 6.93. The van der Waals surface area contributed by atoms with Gasteiger partial charge in [0, 0.05) is 24.3 Å².